The van der Waals surface area contributed by atoms with E-state index < -0.39 is 5.82 Å². The number of halogens is 3. The summed E-state index contributed by atoms with van der Waals surface area (Å²) in [5.74, 6) is 1.19. The number of anilines is 1. The van der Waals surface area contributed by atoms with Gasteiger partial charge in [-0.2, -0.15) is 0 Å². The number of nitrogens with one attached hydrogen (secondary N) is 1. The van der Waals surface area contributed by atoms with Gasteiger partial charge in [0.05, 0.1) is 11.6 Å². The molecule has 0 spiro atoms. The molecule has 0 aliphatic carbocycles. The second kappa shape index (κ2) is 6.77. The Kier molecular flexibility index (Phi) is 4.74. The van der Waals surface area contributed by atoms with Crippen molar-refractivity contribution in [2.24, 2.45) is 0 Å². The highest BCUT2D eigenvalue weighted by Crippen LogP contribution is 2.28. The van der Waals surface area contributed by atoms with Crippen molar-refractivity contribution in [2.45, 2.75) is 13.5 Å². The van der Waals surface area contributed by atoms with Gasteiger partial charge < -0.3 is 9.73 Å². The lowest BCUT2D eigenvalue weighted by Crippen LogP contribution is -1.98. The van der Waals surface area contributed by atoms with Crippen molar-refractivity contribution < 1.29 is 8.81 Å². The molecule has 0 aliphatic heterocycles. The van der Waals surface area contributed by atoms with Gasteiger partial charge in [0, 0.05) is 15.7 Å². The maximum absolute atomic E-state index is 13.1. The van der Waals surface area contributed by atoms with Crippen LogP contribution in [0.3, 0.4) is 0 Å². The molecule has 0 unspecified atom stereocenters. The summed E-state index contributed by atoms with van der Waals surface area (Å²) in [6.07, 6.45) is 0. The average Bonchev–Trinajstić information content (AvgIpc) is 2.97. The van der Waals surface area contributed by atoms with Crippen LogP contribution in [0.25, 0.3) is 11.3 Å². The number of furan rings is 1. The fourth-order valence-corrected chi connectivity index (χ4v) is 2.97. The number of benzene rings is 2. The van der Waals surface area contributed by atoms with Gasteiger partial charge in [0.25, 0.3) is 0 Å². The van der Waals surface area contributed by atoms with E-state index in [9.17, 15) is 4.39 Å². The Morgan fingerprint density at radius 3 is 2.70 bits per heavy atom. The largest absolute Gasteiger partial charge is 0.459 e. The average molecular weight is 395 g/mol. The fraction of sp³-hybridized carbons (Fsp3) is 0.111. The third-order valence-electron chi connectivity index (χ3n) is 3.50. The predicted molar refractivity (Wildman–Crippen MR) is 95.3 cm³/mol. The zero-order chi connectivity index (χ0) is 16.4. The maximum Gasteiger partial charge on any atom is 0.141 e. The number of rotatable bonds is 4. The normalized spacial score (nSPS) is 10.8. The molecule has 2 nitrogen and oxygen atoms in total. The van der Waals surface area contributed by atoms with Crippen molar-refractivity contribution in [3.8, 4) is 11.3 Å². The molecular weight excluding hydrogens is 381 g/mol. The van der Waals surface area contributed by atoms with Gasteiger partial charge >= 0.3 is 0 Å². The Bertz CT molecular complexity index is 847. The molecule has 0 aliphatic rings. The van der Waals surface area contributed by atoms with Gasteiger partial charge in [-0.15, -0.1) is 0 Å². The first-order valence-corrected chi connectivity index (χ1v) is 8.24. The van der Waals surface area contributed by atoms with Crippen molar-refractivity contribution in [2.75, 3.05) is 5.32 Å². The molecule has 0 fully saturated rings. The molecule has 3 aromatic rings. The summed E-state index contributed by atoms with van der Waals surface area (Å²) in [4.78, 5) is 0. The molecule has 2 aromatic carbocycles. The van der Waals surface area contributed by atoms with Crippen LogP contribution in [0, 0.1) is 12.7 Å². The van der Waals surface area contributed by atoms with E-state index >= 15 is 0 Å². The van der Waals surface area contributed by atoms with Crippen LogP contribution in [0.5, 0.6) is 0 Å². The third-order valence-corrected chi connectivity index (χ3v) is 4.28. The van der Waals surface area contributed by atoms with Crippen molar-refractivity contribution in [3.63, 3.8) is 0 Å². The van der Waals surface area contributed by atoms with E-state index in [-0.39, 0.29) is 5.02 Å². The lowest BCUT2D eigenvalue weighted by Gasteiger charge is -2.06. The van der Waals surface area contributed by atoms with Crippen LogP contribution in [0.15, 0.2) is 57.4 Å². The summed E-state index contributed by atoms with van der Waals surface area (Å²) in [5, 5.41) is 3.26. The van der Waals surface area contributed by atoms with Gasteiger partial charge in [-0.05, 0) is 61.0 Å². The zero-order valence-electron chi connectivity index (χ0n) is 12.4. The monoisotopic (exact) mass is 393 g/mol. The Hall–Kier alpha value is -1.78. The minimum Gasteiger partial charge on any atom is -0.459 e. The minimum absolute atomic E-state index is 0.0978. The molecule has 118 valence electrons. The third kappa shape index (κ3) is 3.77. The molecule has 0 saturated carbocycles. The first kappa shape index (κ1) is 16.1. The smallest absolute Gasteiger partial charge is 0.141 e. The van der Waals surface area contributed by atoms with Gasteiger partial charge in [0.15, 0.2) is 0 Å². The Balaban J connectivity index is 1.73. The summed E-state index contributed by atoms with van der Waals surface area (Å²) in [7, 11) is 0. The van der Waals surface area contributed by atoms with Crippen LogP contribution in [-0.2, 0) is 6.54 Å². The number of hydrogen-bond donors (Lipinski definition) is 1. The van der Waals surface area contributed by atoms with E-state index in [1.807, 2.05) is 31.2 Å². The molecule has 3 rings (SSSR count). The molecule has 0 amide bonds. The highest BCUT2D eigenvalue weighted by atomic mass is 79.9. The molecule has 0 bridgehead atoms. The van der Waals surface area contributed by atoms with Crippen molar-refractivity contribution in [1.29, 1.82) is 0 Å². The van der Waals surface area contributed by atoms with Crippen molar-refractivity contribution in [1.82, 2.24) is 0 Å². The van der Waals surface area contributed by atoms with Gasteiger partial charge in [0.1, 0.15) is 17.3 Å². The zero-order valence-corrected chi connectivity index (χ0v) is 14.7. The minimum atomic E-state index is -0.428. The predicted octanol–water partition coefficient (Wildman–Crippen LogP) is 6.42. The maximum atomic E-state index is 13.1. The van der Waals surface area contributed by atoms with Crippen LogP contribution >= 0.6 is 27.5 Å². The Morgan fingerprint density at radius 1 is 1.13 bits per heavy atom. The summed E-state index contributed by atoms with van der Waals surface area (Å²) >= 11 is 9.23. The molecular formula is C18H14BrClFNO. The summed E-state index contributed by atoms with van der Waals surface area (Å²) in [6, 6.07) is 14.5. The fourth-order valence-electron chi connectivity index (χ4n) is 2.32. The summed E-state index contributed by atoms with van der Waals surface area (Å²) < 4.78 is 20.1. The highest BCUT2D eigenvalue weighted by molar-refractivity contribution is 9.10. The van der Waals surface area contributed by atoms with E-state index in [4.69, 9.17) is 16.0 Å². The molecule has 5 heteroatoms. The summed E-state index contributed by atoms with van der Waals surface area (Å²) in [5.41, 5.74) is 2.94. The molecule has 0 saturated heterocycles. The SMILES string of the molecule is Cc1cc(Br)ccc1-c1ccc(CNc2ccc(F)c(Cl)c2)o1. The highest BCUT2D eigenvalue weighted by Gasteiger charge is 2.08. The molecule has 0 atom stereocenters. The quantitative estimate of drug-likeness (QED) is 0.552. The van der Waals surface area contributed by atoms with Crippen LogP contribution in [0.2, 0.25) is 5.02 Å². The molecule has 0 radical (unpaired) electrons. The molecule has 1 heterocycles. The van der Waals surface area contributed by atoms with Crippen LogP contribution in [0.1, 0.15) is 11.3 Å². The lowest BCUT2D eigenvalue weighted by atomic mass is 10.1. The Labute approximate surface area is 147 Å². The van der Waals surface area contributed by atoms with Crippen molar-refractivity contribution in [3.05, 3.63) is 75.2 Å². The van der Waals surface area contributed by atoms with E-state index in [1.54, 1.807) is 12.1 Å². The number of hydrogen-bond acceptors (Lipinski definition) is 2. The summed E-state index contributed by atoms with van der Waals surface area (Å²) in [6.45, 7) is 2.54. The first-order valence-electron chi connectivity index (χ1n) is 7.07. The van der Waals surface area contributed by atoms with E-state index in [2.05, 4.69) is 27.3 Å². The topological polar surface area (TPSA) is 25.2 Å². The van der Waals surface area contributed by atoms with Crippen molar-refractivity contribution >= 4 is 33.2 Å². The van der Waals surface area contributed by atoms with E-state index in [1.165, 1.54) is 6.07 Å². The molecule has 23 heavy (non-hydrogen) atoms. The van der Waals surface area contributed by atoms with E-state index in [0.717, 1.165) is 32.8 Å². The van der Waals surface area contributed by atoms with Gasteiger partial charge in [-0.25, -0.2) is 4.39 Å². The first-order chi connectivity index (χ1) is 11.0. The number of aryl methyl sites for hydroxylation is 1. The van der Waals surface area contributed by atoms with Crippen LogP contribution < -0.4 is 5.32 Å². The lowest BCUT2D eigenvalue weighted by molar-refractivity contribution is 0.531. The van der Waals surface area contributed by atoms with Gasteiger partial charge in [0.2, 0.25) is 0 Å². The van der Waals surface area contributed by atoms with Crippen LogP contribution in [0.4, 0.5) is 10.1 Å². The second-order valence-corrected chi connectivity index (χ2v) is 6.53. The van der Waals surface area contributed by atoms with E-state index in [0.29, 0.717) is 6.54 Å². The standard InChI is InChI=1S/C18H14BrClFNO/c1-11-8-12(19)2-5-15(11)18-7-4-14(23-18)10-22-13-3-6-17(21)16(20)9-13/h2-9,22H,10H2,1H3. The van der Waals surface area contributed by atoms with Crippen LogP contribution in [-0.4, -0.2) is 0 Å². The van der Waals surface area contributed by atoms with Gasteiger partial charge in [-0.1, -0.05) is 27.5 Å². The second-order valence-electron chi connectivity index (χ2n) is 5.21. The molecule has 1 aromatic heterocycles. The van der Waals surface area contributed by atoms with Gasteiger partial charge in [-0.3, -0.25) is 0 Å². The molecule has 1 N–H and O–H groups in total. The Morgan fingerprint density at radius 2 is 1.96 bits per heavy atom.